The average molecular weight is 471 g/mol. The van der Waals surface area contributed by atoms with E-state index >= 15 is 0 Å². The molecule has 3 aromatic rings. The van der Waals surface area contributed by atoms with Gasteiger partial charge in [0.25, 0.3) is 0 Å². The van der Waals surface area contributed by atoms with E-state index in [4.69, 9.17) is 16.1 Å². The first kappa shape index (κ1) is 22.8. The molecule has 1 saturated heterocycles. The van der Waals surface area contributed by atoms with Gasteiger partial charge in [-0.25, -0.2) is 0 Å². The highest BCUT2D eigenvalue weighted by Gasteiger charge is 2.25. The van der Waals surface area contributed by atoms with Crippen molar-refractivity contribution in [3.05, 3.63) is 65.5 Å². The third-order valence-corrected chi connectivity index (χ3v) is 6.83. The summed E-state index contributed by atoms with van der Waals surface area (Å²) < 4.78 is 5.42. The van der Waals surface area contributed by atoms with Crippen molar-refractivity contribution in [3.8, 4) is 11.4 Å². The number of benzene rings is 2. The van der Waals surface area contributed by atoms with Crippen LogP contribution < -0.4 is 5.32 Å². The molecule has 1 aliphatic heterocycles. The van der Waals surface area contributed by atoms with Crippen molar-refractivity contribution in [2.75, 3.05) is 25.4 Å². The van der Waals surface area contributed by atoms with E-state index in [-0.39, 0.29) is 11.8 Å². The fraction of sp³-hybridized carbons (Fsp3) is 0.375. The van der Waals surface area contributed by atoms with Crippen LogP contribution in [0.2, 0.25) is 5.02 Å². The monoisotopic (exact) mass is 470 g/mol. The fourth-order valence-electron chi connectivity index (χ4n) is 3.74. The van der Waals surface area contributed by atoms with E-state index in [2.05, 4.69) is 32.5 Å². The molecule has 1 amide bonds. The Morgan fingerprint density at radius 3 is 2.75 bits per heavy atom. The van der Waals surface area contributed by atoms with Crippen molar-refractivity contribution < 1.29 is 9.32 Å². The van der Waals surface area contributed by atoms with Crippen molar-refractivity contribution in [2.24, 2.45) is 5.92 Å². The molecule has 0 radical (unpaired) electrons. The molecule has 0 saturated carbocycles. The Morgan fingerprint density at radius 2 is 1.97 bits per heavy atom. The normalized spacial score (nSPS) is 15.0. The highest BCUT2D eigenvalue weighted by atomic mass is 35.5. The van der Waals surface area contributed by atoms with Crippen LogP contribution in [-0.2, 0) is 11.3 Å². The lowest BCUT2D eigenvalue weighted by Crippen LogP contribution is -2.40. The maximum atomic E-state index is 12.5. The molecule has 0 bridgehead atoms. The van der Waals surface area contributed by atoms with E-state index in [1.807, 2.05) is 54.2 Å². The molecular weight excluding hydrogens is 444 g/mol. The van der Waals surface area contributed by atoms with Crippen LogP contribution in [-0.4, -0.2) is 46.3 Å². The summed E-state index contributed by atoms with van der Waals surface area (Å²) in [4.78, 5) is 20.5. The topological polar surface area (TPSA) is 71.3 Å². The average Bonchev–Trinajstić information content (AvgIpc) is 3.28. The molecule has 32 heavy (non-hydrogen) atoms. The summed E-state index contributed by atoms with van der Waals surface area (Å²) in [7, 11) is 0. The third kappa shape index (κ3) is 6.58. The number of nitrogens with zero attached hydrogens (tertiary/aromatic N) is 3. The Balaban J connectivity index is 1.15. The van der Waals surface area contributed by atoms with Gasteiger partial charge in [-0.05, 0) is 62.4 Å². The van der Waals surface area contributed by atoms with E-state index in [9.17, 15) is 4.79 Å². The quantitative estimate of drug-likeness (QED) is 0.354. The predicted molar refractivity (Wildman–Crippen MR) is 128 cm³/mol. The molecule has 1 fully saturated rings. The molecule has 0 atom stereocenters. The number of amides is 1. The minimum atomic E-state index is 0.0812. The fourth-order valence-corrected chi connectivity index (χ4v) is 4.81. The van der Waals surface area contributed by atoms with Gasteiger partial charge in [-0.2, -0.15) is 4.98 Å². The van der Waals surface area contributed by atoms with Crippen LogP contribution in [0.1, 0.15) is 25.2 Å². The summed E-state index contributed by atoms with van der Waals surface area (Å²) in [6, 6.07) is 17.8. The van der Waals surface area contributed by atoms with Gasteiger partial charge in [-0.15, -0.1) is 11.8 Å². The van der Waals surface area contributed by atoms with Gasteiger partial charge in [0.1, 0.15) is 0 Å². The summed E-state index contributed by atoms with van der Waals surface area (Å²) in [6.45, 7) is 3.01. The number of halogens is 1. The third-order valence-electron chi connectivity index (χ3n) is 5.50. The van der Waals surface area contributed by atoms with E-state index in [1.165, 1.54) is 4.90 Å². The minimum Gasteiger partial charge on any atom is -0.356 e. The number of aromatic nitrogens is 2. The van der Waals surface area contributed by atoms with Crippen LogP contribution in [0, 0.1) is 5.92 Å². The van der Waals surface area contributed by atoms with Crippen LogP contribution in [0.4, 0.5) is 0 Å². The van der Waals surface area contributed by atoms with Gasteiger partial charge in [0.2, 0.25) is 17.6 Å². The minimum absolute atomic E-state index is 0.0812. The number of nitrogens with one attached hydrogen (secondary N) is 1. The molecule has 2 aromatic carbocycles. The van der Waals surface area contributed by atoms with Crippen LogP contribution in [0.5, 0.6) is 0 Å². The number of likely N-dealkylation sites (tertiary alicyclic amines) is 1. The summed E-state index contributed by atoms with van der Waals surface area (Å²) in [6.07, 6.45) is 2.66. The van der Waals surface area contributed by atoms with Gasteiger partial charge in [0.15, 0.2) is 0 Å². The zero-order valence-corrected chi connectivity index (χ0v) is 19.4. The number of piperidine rings is 1. The molecule has 0 aliphatic carbocycles. The van der Waals surface area contributed by atoms with Crippen LogP contribution in [0.25, 0.3) is 11.4 Å². The smallest absolute Gasteiger partial charge is 0.241 e. The SMILES string of the molecule is O=C(NCCCSc1ccccc1)C1CCN(Cc2nc(-c3cccc(Cl)c3)no2)CC1. The van der Waals surface area contributed by atoms with Gasteiger partial charge in [0.05, 0.1) is 6.54 Å². The maximum absolute atomic E-state index is 12.5. The highest BCUT2D eigenvalue weighted by molar-refractivity contribution is 7.99. The summed E-state index contributed by atoms with van der Waals surface area (Å²) in [5, 5.41) is 7.82. The second kappa shape index (κ2) is 11.5. The Morgan fingerprint density at radius 1 is 1.16 bits per heavy atom. The van der Waals surface area contributed by atoms with Crippen molar-refractivity contribution in [3.63, 3.8) is 0 Å². The number of rotatable bonds is 9. The van der Waals surface area contributed by atoms with Crippen LogP contribution in [0.3, 0.4) is 0 Å². The number of hydrogen-bond acceptors (Lipinski definition) is 6. The van der Waals surface area contributed by atoms with Gasteiger partial charge >= 0.3 is 0 Å². The summed E-state index contributed by atoms with van der Waals surface area (Å²) >= 11 is 7.87. The number of thioether (sulfide) groups is 1. The molecule has 168 valence electrons. The van der Waals surface area contributed by atoms with Crippen LogP contribution in [0.15, 0.2) is 64.0 Å². The first-order valence-corrected chi connectivity index (χ1v) is 12.3. The van der Waals surface area contributed by atoms with Gasteiger partial charge < -0.3 is 9.84 Å². The lowest BCUT2D eigenvalue weighted by Gasteiger charge is -2.30. The molecule has 1 N–H and O–H groups in total. The molecular formula is C24H27ClN4O2S. The molecule has 6 nitrogen and oxygen atoms in total. The van der Waals surface area contributed by atoms with E-state index < -0.39 is 0 Å². The van der Waals surface area contributed by atoms with Crippen molar-refractivity contribution >= 4 is 29.3 Å². The highest BCUT2D eigenvalue weighted by Crippen LogP contribution is 2.22. The Hall–Kier alpha value is -2.35. The van der Waals surface area contributed by atoms with Gasteiger partial charge in [-0.3, -0.25) is 9.69 Å². The van der Waals surface area contributed by atoms with E-state index in [1.54, 1.807) is 0 Å². The van der Waals surface area contributed by atoms with Crippen molar-refractivity contribution in [2.45, 2.75) is 30.7 Å². The lowest BCUT2D eigenvalue weighted by molar-refractivity contribution is -0.126. The first-order chi connectivity index (χ1) is 15.7. The molecule has 1 aliphatic rings. The summed E-state index contributed by atoms with van der Waals surface area (Å²) in [5.74, 6) is 2.39. The molecule has 1 aromatic heterocycles. The van der Waals surface area contributed by atoms with Crippen molar-refractivity contribution in [1.82, 2.24) is 20.4 Å². The molecule has 4 rings (SSSR count). The molecule has 0 spiro atoms. The van der Waals surface area contributed by atoms with E-state index in [0.717, 1.165) is 50.2 Å². The second-order valence-corrected chi connectivity index (χ2v) is 9.48. The maximum Gasteiger partial charge on any atom is 0.241 e. The lowest BCUT2D eigenvalue weighted by atomic mass is 9.96. The van der Waals surface area contributed by atoms with E-state index in [0.29, 0.717) is 23.3 Å². The second-order valence-electron chi connectivity index (χ2n) is 7.88. The molecule has 8 heteroatoms. The van der Waals surface area contributed by atoms with Crippen LogP contribution >= 0.6 is 23.4 Å². The van der Waals surface area contributed by atoms with Gasteiger partial charge in [0, 0.05) is 27.9 Å². The first-order valence-electron chi connectivity index (χ1n) is 10.9. The largest absolute Gasteiger partial charge is 0.356 e. The Bertz CT molecular complexity index is 1010. The number of hydrogen-bond donors (Lipinski definition) is 1. The Labute approximate surface area is 197 Å². The van der Waals surface area contributed by atoms with Gasteiger partial charge in [-0.1, -0.05) is 47.1 Å². The Kier molecular flexibility index (Phi) is 8.20. The molecule has 0 unspecified atom stereocenters. The molecule has 2 heterocycles. The number of carbonyl (C=O) groups is 1. The predicted octanol–water partition coefficient (Wildman–Crippen LogP) is 4.90. The van der Waals surface area contributed by atoms with Crippen molar-refractivity contribution in [1.29, 1.82) is 0 Å². The standard InChI is InChI=1S/C24H27ClN4O2S/c25-20-7-4-6-19(16-20)23-27-22(31-28-23)17-29-13-10-18(11-14-29)24(30)26-12-5-15-32-21-8-2-1-3-9-21/h1-4,6-9,16,18H,5,10-15,17H2,(H,26,30). The summed E-state index contributed by atoms with van der Waals surface area (Å²) in [5.41, 5.74) is 0.838. The zero-order chi connectivity index (χ0) is 22.2. The zero-order valence-electron chi connectivity index (χ0n) is 17.9. The number of carbonyl (C=O) groups excluding carboxylic acids is 1.